The predicted octanol–water partition coefficient (Wildman–Crippen LogP) is 2.60. The van der Waals surface area contributed by atoms with Gasteiger partial charge in [-0.1, -0.05) is 26.0 Å². The monoisotopic (exact) mass is 361 g/mol. The van der Waals surface area contributed by atoms with Gasteiger partial charge in [-0.3, -0.25) is 9.78 Å². The van der Waals surface area contributed by atoms with Crippen molar-refractivity contribution in [2.45, 2.75) is 31.7 Å². The van der Waals surface area contributed by atoms with E-state index in [9.17, 15) is 13.2 Å². The molecule has 0 aliphatic rings. The maximum Gasteiger partial charge on any atom is 0.253 e. The van der Waals surface area contributed by atoms with Crippen LogP contribution in [-0.2, 0) is 10.0 Å². The molecule has 1 N–H and O–H groups in total. The van der Waals surface area contributed by atoms with Crippen molar-refractivity contribution in [2.75, 3.05) is 13.1 Å². The molecule has 0 spiro atoms. The number of amides is 1. The largest absolute Gasteiger partial charge is 0.345 e. The number of nitrogens with zero attached hydrogens (tertiary/aromatic N) is 2. The van der Waals surface area contributed by atoms with E-state index < -0.39 is 10.0 Å². The molecule has 1 aromatic carbocycles. The van der Waals surface area contributed by atoms with Gasteiger partial charge >= 0.3 is 0 Å². The minimum atomic E-state index is -3.47. The molecule has 6 nitrogen and oxygen atoms in total. The average molecular weight is 361 g/mol. The Morgan fingerprint density at radius 3 is 2.32 bits per heavy atom. The predicted molar refractivity (Wildman–Crippen MR) is 96.7 cm³/mol. The number of rotatable bonds is 7. The fourth-order valence-corrected chi connectivity index (χ4v) is 3.96. The van der Waals surface area contributed by atoms with Crippen molar-refractivity contribution in [2.24, 2.45) is 0 Å². The van der Waals surface area contributed by atoms with Crippen LogP contribution in [0.5, 0.6) is 0 Å². The summed E-state index contributed by atoms with van der Waals surface area (Å²) >= 11 is 0. The molecule has 0 bridgehead atoms. The van der Waals surface area contributed by atoms with Crippen LogP contribution in [0.1, 0.15) is 42.7 Å². The summed E-state index contributed by atoms with van der Waals surface area (Å²) in [6.07, 6.45) is 3.11. The van der Waals surface area contributed by atoms with Gasteiger partial charge in [0, 0.05) is 25.5 Å². The van der Waals surface area contributed by atoms with Crippen molar-refractivity contribution >= 4 is 15.9 Å². The lowest BCUT2D eigenvalue weighted by atomic mass is 10.1. The molecule has 134 valence electrons. The highest BCUT2D eigenvalue weighted by atomic mass is 32.2. The van der Waals surface area contributed by atoms with Crippen molar-refractivity contribution in [1.82, 2.24) is 14.6 Å². The van der Waals surface area contributed by atoms with Crippen molar-refractivity contribution in [3.05, 3.63) is 59.9 Å². The van der Waals surface area contributed by atoms with Gasteiger partial charge in [0.25, 0.3) is 5.91 Å². The zero-order chi connectivity index (χ0) is 18.4. The SMILES string of the molecule is CCN(CC)S(=O)(=O)c1ccc([C@@H](C)NC(=O)c2cccnc2)cc1. The van der Waals surface area contributed by atoms with E-state index in [-0.39, 0.29) is 16.8 Å². The zero-order valence-corrected chi connectivity index (χ0v) is 15.5. The molecular formula is C18H23N3O3S. The normalized spacial score (nSPS) is 12.8. The third-order valence-electron chi connectivity index (χ3n) is 3.99. The second kappa shape index (κ2) is 8.22. The van der Waals surface area contributed by atoms with Crippen molar-refractivity contribution in [3.63, 3.8) is 0 Å². The Morgan fingerprint density at radius 2 is 1.80 bits per heavy atom. The number of pyridine rings is 1. The van der Waals surface area contributed by atoms with Crippen molar-refractivity contribution in [3.8, 4) is 0 Å². The molecule has 1 aromatic heterocycles. The lowest BCUT2D eigenvalue weighted by molar-refractivity contribution is 0.0939. The number of hydrogen-bond acceptors (Lipinski definition) is 4. The standard InChI is InChI=1S/C18H23N3O3S/c1-4-21(5-2)25(23,24)17-10-8-15(9-11-17)14(3)20-18(22)16-7-6-12-19-13-16/h6-14H,4-5H2,1-3H3,(H,20,22)/t14-/m1/s1. The third kappa shape index (κ3) is 4.43. The minimum absolute atomic E-state index is 0.222. The number of carbonyl (C=O) groups is 1. The van der Waals surface area contributed by atoms with Crippen molar-refractivity contribution in [1.29, 1.82) is 0 Å². The van der Waals surface area contributed by atoms with Gasteiger partial charge in [0.05, 0.1) is 16.5 Å². The Labute approximate surface area is 148 Å². The summed E-state index contributed by atoms with van der Waals surface area (Å²) in [5, 5.41) is 2.88. The van der Waals surface area contributed by atoms with E-state index in [0.717, 1.165) is 5.56 Å². The number of carbonyl (C=O) groups excluding carboxylic acids is 1. The molecular weight excluding hydrogens is 338 g/mol. The second-order valence-corrected chi connectivity index (χ2v) is 7.53. The molecule has 0 radical (unpaired) electrons. The van der Waals surface area contributed by atoms with Gasteiger partial charge in [-0.2, -0.15) is 4.31 Å². The van der Waals surface area contributed by atoms with Crippen LogP contribution in [0.3, 0.4) is 0 Å². The van der Waals surface area contributed by atoms with E-state index in [1.165, 1.54) is 10.5 Å². The summed E-state index contributed by atoms with van der Waals surface area (Å²) in [5.74, 6) is -0.222. The Morgan fingerprint density at radius 1 is 1.16 bits per heavy atom. The van der Waals surface area contributed by atoms with E-state index in [4.69, 9.17) is 0 Å². The summed E-state index contributed by atoms with van der Waals surface area (Å²) < 4.78 is 26.4. The average Bonchev–Trinajstić information content (AvgIpc) is 2.63. The fraction of sp³-hybridized carbons (Fsp3) is 0.333. The Hall–Kier alpha value is -2.25. The lowest BCUT2D eigenvalue weighted by Gasteiger charge is -2.19. The van der Waals surface area contributed by atoms with Crippen LogP contribution in [0.15, 0.2) is 53.7 Å². The summed E-state index contributed by atoms with van der Waals surface area (Å²) in [6, 6.07) is 9.75. The lowest BCUT2D eigenvalue weighted by Crippen LogP contribution is -2.30. The van der Waals surface area contributed by atoms with Crippen LogP contribution >= 0.6 is 0 Å². The van der Waals surface area contributed by atoms with Crippen LogP contribution in [0.25, 0.3) is 0 Å². The topological polar surface area (TPSA) is 79.4 Å². The highest BCUT2D eigenvalue weighted by Gasteiger charge is 2.21. The molecule has 1 amide bonds. The van der Waals surface area contributed by atoms with Crippen LogP contribution in [0.2, 0.25) is 0 Å². The molecule has 0 aliphatic carbocycles. The molecule has 0 aliphatic heterocycles. The summed E-state index contributed by atoms with van der Waals surface area (Å²) in [7, 11) is -3.47. The van der Waals surface area contributed by atoms with Gasteiger partial charge in [0.1, 0.15) is 0 Å². The summed E-state index contributed by atoms with van der Waals surface area (Å²) in [6.45, 7) is 6.33. The molecule has 0 saturated carbocycles. The number of aromatic nitrogens is 1. The first-order valence-electron chi connectivity index (χ1n) is 8.21. The summed E-state index contributed by atoms with van der Waals surface area (Å²) in [4.78, 5) is 16.3. The molecule has 0 unspecified atom stereocenters. The van der Waals surface area contributed by atoms with E-state index in [1.807, 2.05) is 20.8 Å². The molecule has 7 heteroatoms. The third-order valence-corrected chi connectivity index (χ3v) is 6.06. The highest BCUT2D eigenvalue weighted by Crippen LogP contribution is 2.19. The molecule has 0 fully saturated rings. The Balaban J connectivity index is 2.13. The molecule has 0 saturated heterocycles. The van der Waals surface area contributed by atoms with E-state index in [0.29, 0.717) is 18.7 Å². The van der Waals surface area contributed by atoms with Crippen LogP contribution in [-0.4, -0.2) is 36.7 Å². The first-order valence-corrected chi connectivity index (χ1v) is 9.65. The first-order chi connectivity index (χ1) is 11.9. The number of sulfonamides is 1. The van der Waals surface area contributed by atoms with Crippen LogP contribution in [0, 0.1) is 0 Å². The van der Waals surface area contributed by atoms with Gasteiger partial charge in [-0.05, 0) is 36.8 Å². The second-order valence-electron chi connectivity index (χ2n) is 5.60. The quantitative estimate of drug-likeness (QED) is 0.822. The molecule has 2 aromatic rings. The smallest absolute Gasteiger partial charge is 0.253 e. The van der Waals surface area contributed by atoms with E-state index >= 15 is 0 Å². The van der Waals surface area contributed by atoms with Gasteiger partial charge in [-0.25, -0.2) is 8.42 Å². The molecule has 2 rings (SSSR count). The van der Waals surface area contributed by atoms with Gasteiger partial charge in [-0.15, -0.1) is 0 Å². The molecule has 1 heterocycles. The van der Waals surface area contributed by atoms with Gasteiger partial charge in [0.2, 0.25) is 10.0 Å². The van der Waals surface area contributed by atoms with Gasteiger partial charge in [0.15, 0.2) is 0 Å². The van der Waals surface area contributed by atoms with Crippen molar-refractivity contribution < 1.29 is 13.2 Å². The molecule has 25 heavy (non-hydrogen) atoms. The number of hydrogen-bond donors (Lipinski definition) is 1. The molecule has 1 atom stereocenters. The maximum atomic E-state index is 12.5. The fourth-order valence-electron chi connectivity index (χ4n) is 2.50. The number of nitrogens with one attached hydrogen (secondary N) is 1. The van der Waals surface area contributed by atoms with E-state index in [1.54, 1.807) is 42.6 Å². The van der Waals surface area contributed by atoms with Gasteiger partial charge < -0.3 is 5.32 Å². The van der Waals surface area contributed by atoms with E-state index in [2.05, 4.69) is 10.3 Å². The number of benzene rings is 1. The Kier molecular flexibility index (Phi) is 6.27. The Bertz CT molecular complexity index is 801. The highest BCUT2D eigenvalue weighted by molar-refractivity contribution is 7.89. The summed E-state index contributed by atoms with van der Waals surface area (Å²) in [5.41, 5.74) is 1.31. The van der Waals surface area contributed by atoms with Crippen LogP contribution < -0.4 is 5.32 Å². The maximum absolute atomic E-state index is 12.5. The van der Waals surface area contributed by atoms with Crippen LogP contribution in [0.4, 0.5) is 0 Å². The minimum Gasteiger partial charge on any atom is -0.345 e. The first kappa shape index (κ1) is 19.1. The zero-order valence-electron chi connectivity index (χ0n) is 14.6.